The predicted molar refractivity (Wildman–Crippen MR) is 118 cm³/mol. The fourth-order valence-corrected chi connectivity index (χ4v) is 4.55. The third-order valence-corrected chi connectivity index (χ3v) is 6.64. The van der Waals surface area contributed by atoms with Crippen LogP contribution < -0.4 is 5.32 Å². The van der Waals surface area contributed by atoms with Crippen LogP contribution in [0.5, 0.6) is 0 Å². The van der Waals surface area contributed by atoms with Gasteiger partial charge in [0.2, 0.25) is 0 Å². The molecule has 0 aliphatic carbocycles. The Hall–Kier alpha value is -3.60. The van der Waals surface area contributed by atoms with Crippen molar-refractivity contribution in [3.63, 3.8) is 0 Å². The highest BCUT2D eigenvalue weighted by atomic mass is 32.2. The predicted octanol–water partition coefficient (Wildman–Crippen LogP) is 5.03. The van der Waals surface area contributed by atoms with Gasteiger partial charge in [-0.05, 0) is 42.8 Å². The Morgan fingerprint density at radius 1 is 1.00 bits per heavy atom. The van der Waals surface area contributed by atoms with Gasteiger partial charge in [0.1, 0.15) is 12.1 Å². The molecule has 1 N–H and O–H groups in total. The number of anilines is 2. The number of pyridine rings is 2. The summed E-state index contributed by atoms with van der Waals surface area (Å²) in [7, 11) is -3.43. The second-order valence-electron chi connectivity index (χ2n) is 7.18. The monoisotopic (exact) mass is 473 g/mol. The van der Waals surface area contributed by atoms with Gasteiger partial charge in [0, 0.05) is 17.1 Å². The van der Waals surface area contributed by atoms with Gasteiger partial charge in [0.25, 0.3) is 0 Å². The van der Waals surface area contributed by atoms with Crippen molar-refractivity contribution in [3.8, 4) is 11.3 Å². The first-order valence-electron chi connectivity index (χ1n) is 9.92. The lowest BCUT2D eigenvalue weighted by Crippen LogP contribution is -2.08. The third kappa shape index (κ3) is 4.77. The van der Waals surface area contributed by atoms with Crippen LogP contribution in [0.15, 0.2) is 66.2 Å². The summed E-state index contributed by atoms with van der Waals surface area (Å²) in [5.41, 5.74) is 0.166. The zero-order valence-corrected chi connectivity index (χ0v) is 18.2. The van der Waals surface area contributed by atoms with Crippen LogP contribution in [0.3, 0.4) is 0 Å². The number of alkyl halides is 3. The zero-order chi connectivity index (χ0) is 23.6. The van der Waals surface area contributed by atoms with E-state index in [0.717, 1.165) is 6.07 Å². The molecule has 0 aliphatic rings. The smallest absolute Gasteiger partial charge is 0.338 e. The van der Waals surface area contributed by atoms with Crippen molar-refractivity contribution >= 4 is 32.2 Å². The molecule has 0 saturated carbocycles. The summed E-state index contributed by atoms with van der Waals surface area (Å²) in [5.74, 6) is 0.410. The molecule has 0 unspecified atom stereocenters. The molecule has 0 saturated heterocycles. The fourth-order valence-electron chi connectivity index (χ4n) is 3.32. The Labute approximate surface area is 187 Å². The Morgan fingerprint density at radius 3 is 2.52 bits per heavy atom. The van der Waals surface area contributed by atoms with E-state index in [1.807, 2.05) is 0 Å². The van der Waals surface area contributed by atoms with Crippen molar-refractivity contribution in [2.24, 2.45) is 0 Å². The highest BCUT2D eigenvalue weighted by Crippen LogP contribution is 2.36. The number of halogens is 3. The molecule has 0 fully saturated rings. The Balaban J connectivity index is 1.67. The first kappa shape index (κ1) is 22.6. The first-order chi connectivity index (χ1) is 15.7. The number of fused-ring (bicyclic) bond motifs is 1. The van der Waals surface area contributed by atoms with E-state index in [2.05, 4.69) is 25.3 Å². The van der Waals surface area contributed by atoms with Crippen LogP contribution in [0.1, 0.15) is 18.9 Å². The molecular weight excluding hydrogens is 455 g/mol. The zero-order valence-electron chi connectivity index (χ0n) is 17.3. The summed E-state index contributed by atoms with van der Waals surface area (Å²) in [6, 6.07) is 9.85. The second kappa shape index (κ2) is 8.74. The first-order valence-corrected chi connectivity index (χ1v) is 11.6. The van der Waals surface area contributed by atoms with E-state index in [-0.39, 0.29) is 22.0 Å². The summed E-state index contributed by atoms with van der Waals surface area (Å²) in [6.07, 6.45) is -0.0822. The maximum Gasteiger partial charge on any atom is 0.418 e. The molecule has 0 atom stereocenters. The minimum absolute atomic E-state index is 0.0112. The van der Waals surface area contributed by atoms with E-state index in [1.165, 1.54) is 43.0 Å². The van der Waals surface area contributed by atoms with Gasteiger partial charge in [0.05, 0.1) is 34.4 Å². The quantitative estimate of drug-likeness (QED) is 0.419. The molecule has 33 heavy (non-hydrogen) atoms. The number of sulfone groups is 1. The molecule has 170 valence electrons. The summed E-state index contributed by atoms with van der Waals surface area (Å²) < 4.78 is 64.4. The van der Waals surface area contributed by atoms with Gasteiger partial charge in [-0.25, -0.2) is 23.4 Å². The topological polar surface area (TPSA) is 97.7 Å². The number of rotatable bonds is 6. The van der Waals surface area contributed by atoms with Gasteiger partial charge in [-0.1, -0.05) is 13.0 Å². The molecule has 3 aromatic heterocycles. The van der Waals surface area contributed by atoms with E-state index in [1.54, 1.807) is 19.1 Å². The number of benzene rings is 1. The van der Waals surface area contributed by atoms with Crippen LogP contribution in [-0.2, 0) is 16.0 Å². The van der Waals surface area contributed by atoms with Crippen LogP contribution in [0.2, 0.25) is 0 Å². The Morgan fingerprint density at radius 2 is 1.82 bits per heavy atom. The third-order valence-electron chi connectivity index (χ3n) is 4.81. The highest BCUT2D eigenvalue weighted by Gasteiger charge is 2.34. The molecule has 0 aliphatic heterocycles. The highest BCUT2D eigenvalue weighted by molar-refractivity contribution is 7.91. The number of aromatic nitrogens is 4. The molecule has 0 spiro atoms. The molecule has 4 rings (SSSR count). The SMILES string of the molecule is CCCS(=O)(=O)c1ccc(Nc2ncnc3cc(-c4ncccc4C(F)(F)F)ccc23)cn1. The number of nitrogens with one attached hydrogen (secondary N) is 1. The van der Waals surface area contributed by atoms with Crippen LogP contribution in [0.4, 0.5) is 24.7 Å². The summed E-state index contributed by atoms with van der Waals surface area (Å²) >= 11 is 0. The van der Waals surface area contributed by atoms with Gasteiger partial charge in [-0.3, -0.25) is 4.98 Å². The minimum Gasteiger partial charge on any atom is -0.338 e. The summed E-state index contributed by atoms with van der Waals surface area (Å²) in [6.45, 7) is 1.77. The molecule has 1 aromatic carbocycles. The van der Waals surface area contributed by atoms with E-state index in [0.29, 0.717) is 28.8 Å². The Bertz CT molecular complexity index is 1410. The van der Waals surface area contributed by atoms with Gasteiger partial charge in [0.15, 0.2) is 14.9 Å². The Kier molecular flexibility index (Phi) is 5.98. The molecule has 0 bridgehead atoms. The number of hydrogen-bond donors (Lipinski definition) is 1. The van der Waals surface area contributed by atoms with Gasteiger partial charge >= 0.3 is 6.18 Å². The van der Waals surface area contributed by atoms with Gasteiger partial charge in [-0.15, -0.1) is 0 Å². The molecule has 11 heteroatoms. The maximum absolute atomic E-state index is 13.4. The number of hydrogen-bond acceptors (Lipinski definition) is 7. The average molecular weight is 473 g/mol. The molecule has 3 heterocycles. The van der Waals surface area contributed by atoms with Crippen molar-refractivity contribution in [2.45, 2.75) is 24.5 Å². The largest absolute Gasteiger partial charge is 0.418 e. The summed E-state index contributed by atoms with van der Waals surface area (Å²) in [4.78, 5) is 16.3. The number of nitrogens with zero attached hydrogens (tertiary/aromatic N) is 4. The van der Waals surface area contributed by atoms with Crippen molar-refractivity contribution in [1.29, 1.82) is 0 Å². The van der Waals surface area contributed by atoms with Gasteiger partial charge < -0.3 is 5.32 Å². The van der Waals surface area contributed by atoms with E-state index in [9.17, 15) is 21.6 Å². The fraction of sp³-hybridized carbons (Fsp3) is 0.182. The lowest BCUT2D eigenvalue weighted by Gasteiger charge is -2.13. The molecular formula is C22H18F3N5O2S. The second-order valence-corrected chi connectivity index (χ2v) is 9.24. The molecule has 7 nitrogen and oxygen atoms in total. The average Bonchev–Trinajstić information content (AvgIpc) is 2.79. The van der Waals surface area contributed by atoms with Crippen LogP contribution in [0, 0.1) is 0 Å². The van der Waals surface area contributed by atoms with Crippen molar-refractivity contribution in [1.82, 2.24) is 19.9 Å². The summed E-state index contributed by atoms with van der Waals surface area (Å²) in [5, 5.41) is 3.60. The lowest BCUT2D eigenvalue weighted by molar-refractivity contribution is -0.137. The van der Waals surface area contributed by atoms with Crippen molar-refractivity contribution < 1.29 is 21.6 Å². The standard InChI is InChI=1S/C22H18F3N5O2S/c1-2-10-33(31,32)19-8-6-15(12-27-19)30-21-16-7-5-14(11-18(16)28-13-29-21)20-17(22(23,24)25)4-3-9-26-20/h3-9,11-13H,2,10H2,1H3,(H,28,29,30). The van der Waals surface area contributed by atoms with E-state index < -0.39 is 21.6 Å². The minimum atomic E-state index is -4.54. The van der Waals surface area contributed by atoms with Gasteiger partial charge in [-0.2, -0.15) is 13.2 Å². The maximum atomic E-state index is 13.4. The van der Waals surface area contributed by atoms with Crippen LogP contribution >= 0.6 is 0 Å². The normalized spacial score (nSPS) is 12.1. The van der Waals surface area contributed by atoms with Crippen LogP contribution in [0.25, 0.3) is 22.2 Å². The van der Waals surface area contributed by atoms with Crippen molar-refractivity contribution in [3.05, 3.63) is 66.7 Å². The van der Waals surface area contributed by atoms with Crippen LogP contribution in [-0.4, -0.2) is 34.1 Å². The molecule has 4 aromatic rings. The van der Waals surface area contributed by atoms with E-state index in [4.69, 9.17) is 0 Å². The molecule has 0 radical (unpaired) electrons. The van der Waals surface area contributed by atoms with Crippen molar-refractivity contribution in [2.75, 3.05) is 11.1 Å². The lowest BCUT2D eigenvalue weighted by atomic mass is 10.0. The van der Waals surface area contributed by atoms with E-state index >= 15 is 0 Å². The molecule has 0 amide bonds.